The first-order valence-corrected chi connectivity index (χ1v) is 14.0. The van der Waals surface area contributed by atoms with E-state index in [4.69, 9.17) is 33.2 Å². The van der Waals surface area contributed by atoms with Crippen LogP contribution in [0.5, 0.6) is 0 Å². The molecule has 222 valence electrons. The maximum Gasteiger partial charge on any atom is 0.187 e. The van der Waals surface area contributed by atoms with Gasteiger partial charge < -0.3 is 58.7 Å². The second kappa shape index (κ2) is 13.9. The third-order valence-corrected chi connectivity index (χ3v) is 8.31. The number of ether oxygens (including phenoxy) is 7. The monoisotopic (exact) mass is 550 g/mol. The average Bonchev–Trinajstić information content (AvgIpc) is 2.90. The molecule has 1 aliphatic carbocycles. The minimum Gasteiger partial charge on any atom is -0.394 e. The molecule has 0 spiro atoms. The van der Waals surface area contributed by atoms with Gasteiger partial charge in [-0.25, -0.2) is 0 Å². The molecule has 0 aromatic heterocycles. The Bertz CT molecular complexity index is 714. The van der Waals surface area contributed by atoms with Gasteiger partial charge in [-0.1, -0.05) is 19.8 Å². The number of aliphatic hydroxyl groups excluding tert-OH is 5. The molecular weight excluding hydrogens is 504 g/mol. The highest BCUT2D eigenvalue weighted by atomic mass is 16.7. The van der Waals surface area contributed by atoms with E-state index in [0.29, 0.717) is 26.1 Å². The van der Waals surface area contributed by atoms with Crippen LogP contribution in [0, 0.1) is 5.92 Å². The number of hydrogen-bond donors (Lipinski definition) is 5. The van der Waals surface area contributed by atoms with Crippen molar-refractivity contribution < 1.29 is 58.7 Å². The van der Waals surface area contributed by atoms with Crippen molar-refractivity contribution in [2.45, 2.75) is 132 Å². The molecular formula is C26H46O12. The number of fused-ring (bicyclic) bond motifs is 1. The second-order valence-electron chi connectivity index (χ2n) is 10.9. The van der Waals surface area contributed by atoms with E-state index >= 15 is 0 Å². The summed E-state index contributed by atoms with van der Waals surface area (Å²) in [5.41, 5.74) is 0. The van der Waals surface area contributed by atoms with Gasteiger partial charge in [0.05, 0.1) is 37.6 Å². The summed E-state index contributed by atoms with van der Waals surface area (Å²) >= 11 is 0. The van der Waals surface area contributed by atoms with Crippen molar-refractivity contribution in [1.82, 2.24) is 0 Å². The zero-order chi connectivity index (χ0) is 27.4. The van der Waals surface area contributed by atoms with E-state index in [9.17, 15) is 25.5 Å². The van der Waals surface area contributed by atoms with Crippen LogP contribution >= 0.6 is 0 Å². The van der Waals surface area contributed by atoms with E-state index in [1.165, 1.54) is 0 Å². The zero-order valence-electron chi connectivity index (χ0n) is 22.5. The van der Waals surface area contributed by atoms with Gasteiger partial charge in [-0.2, -0.15) is 0 Å². The summed E-state index contributed by atoms with van der Waals surface area (Å²) in [4.78, 5) is 0. The first-order chi connectivity index (χ1) is 18.3. The smallest absolute Gasteiger partial charge is 0.187 e. The van der Waals surface area contributed by atoms with Gasteiger partial charge in [-0.05, 0) is 38.5 Å². The van der Waals surface area contributed by atoms with E-state index < -0.39 is 80.2 Å². The van der Waals surface area contributed by atoms with E-state index in [1.54, 1.807) is 14.0 Å². The van der Waals surface area contributed by atoms with Gasteiger partial charge in [0, 0.05) is 13.7 Å². The molecule has 38 heavy (non-hydrogen) atoms. The molecule has 0 radical (unpaired) electrons. The van der Waals surface area contributed by atoms with Gasteiger partial charge in [0.15, 0.2) is 12.6 Å². The summed E-state index contributed by atoms with van der Waals surface area (Å²) in [6.07, 6.45) is -7.03. The fourth-order valence-electron chi connectivity index (χ4n) is 6.06. The molecule has 0 aromatic rings. The van der Waals surface area contributed by atoms with E-state index in [2.05, 4.69) is 6.92 Å². The van der Waals surface area contributed by atoms with Crippen molar-refractivity contribution >= 4 is 0 Å². The molecule has 0 aromatic carbocycles. The fourth-order valence-corrected chi connectivity index (χ4v) is 6.06. The van der Waals surface area contributed by atoms with Gasteiger partial charge in [-0.3, -0.25) is 0 Å². The van der Waals surface area contributed by atoms with Crippen molar-refractivity contribution in [2.24, 2.45) is 5.92 Å². The average molecular weight is 551 g/mol. The Morgan fingerprint density at radius 1 is 0.816 bits per heavy atom. The molecule has 1 saturated carbocycles. The normalized spacial score (nSPS) is 48.6. The lowest BCUT2D eigenvalue weighted by atomic mass is 9.82. The molecule has 4 aliphatic rings. The molecule has 14 atom stereocenters. The lowest BCUT2D eigenvalue weighted by molar-refractivity contribution is -0.356. The Morgan fingerprint density at radius 3 is 2.32 bits per heavy atom. The molecule has 3 aliphatic heterocycles. The molecule has 5 N–H and O–H groups in total. The zero-order valence-corrected chi connectivity index (χ0v) is 22.5. The van der Waals surface area contributed by atoms with Crippen LogP contribution in [0.25, 0.3) is 0 Å². The number of hydrogen-bond acceptors (Lipinski definition) is 12. The summed E-state index contributed by atoms with van der Waals surface area (Å²) in [7, 11) is 1.60. The maximum atomic E-state index is 10.9. The fraction of sp³-hybridized carbons (Fsp3) is 1.00. The van der Waals surface area contributed by atoms with Crippen LogP contribution in [0.2, 0.25) is 0 Å². The molecule has 12 heteroatoms. The Hall–Kier alpha value is -0.480. The highest BCUT2D eigenvalue weighted by molar-refractivity contribution is 4.95. The van der Waals surface area contributed by atoms with Crippen LogP contribution in [0.3, 0.4) is 0 Å². The Labute approximate surface area is 224 Å². The predicted molar refractivity (Wildman–Crippen MR) is 131 cm³/mol. The van der Waals surface area contributed by atoms with Crippen LogP contribution in [-0.4, -0.2) is 132 Å². The highest BCUT2D eigenvalue weighted by Gasteiger charge is 2.51. The van der Waals surface area contributed by atoms with Gasteiger partial charge in [-0.15, -0.1) is 0 Å². The summed E-state index contributed by atoms with van der Waals surface area (Å²) in [6.45, 7) is 4.03. The quantitative estimate of drug-likeness (QED) is 0.262. The van der Waals surface area contributed by atoms with Crippen molar-refractivity contribution in [1.29, 1.82) is 0 Å². The maximum absolute atomic E-state index is 10.9. The van der Waals surface area contributed by atoms with Crippen LogP contribution in [-0.2, 0) is 33.2 Å². The predicted octanol–water partition coefficient (Wildman–Crippen LogP) is -0.548. The molecule has 4 rings (SSSR count). The SMILES string of the molecule is CC[C@@H]1CCC[C@@H](O[C@@H]2OC(CO)[C@H](O)C3O[C@@H](COC)CCCOC32)C1O[C@@H]1OC(C)[C@@H](O)C(O)[C@@H]1O. The second-order valence-corrected chi connectivity index (χ2v) is 10.9. The number of rotatable bonds is 8. The summed E-state index contributed by atoms with van der Waals surface area (Å²) < 4.78 is 42.2. The van der Waals surface area contributed by atoms with Crippen molar-refractivity contribution in [3.8, 4) is 0 Å². The van der Waals surface area contributed by atoms with Crippen molar-refractivity contribution in [3.63, 3.8) is 0 Å². The summed E-state index contributed by atoms with van der Waals surface area (Å²) in [5, 5.41) is 51.8. The first kappa shape index (κ1) is 30.5. The highest BCUT2D eigenvalue weighted by Crippen LogP contribution is 2.37. The topological polar surface area (TPSA) is 166 Å². The number of aliphatic hydroxyl groups is 5. The molecule has 3 heterocycles. The lowest BCUT2D eigenvalue weighted by Gasteiger charge is -2.48. The Balaban J connectivity index is 1.53. The molecule has 0 bridgehead atoms. The van der Waals surface area contributed by atoms with Crippen molar-refractivity contribution in [3.05, 3.63) is 0 Å². The summed E-state index contributed by atoms with van der Waals surface area (Å²) in [5.74, 6) is 0.0862. The third kappa shape index (κ3) is 6.69. The summed E-state index contributed by atoms with van der Waals surface area (Å²) in [6, 6.07) is 0. The molecule has 4 fully saturated rings. The van der Waals surface area contributed by atoms with E-state index in [1.807, 2.05) is 0 Å². The lowest BCUT2D eigenvalue weighted by Crippen LogP contribution is -2.63. The first-order valence-electron chi connectivity index (χ1n) is 14.0. The Kier molecular flexibility index (Phi) is 11.2. The van der Waals surface area contributed by atoms with Gasteiger partial charge >= 0.3 is 0 Å². The van der Waals surface area contributed by atoms with E-state index in [-0.39, 0.29) is 12.0 Å². The van der Waals surface area contributed by atoms with Crippen LogP contribution in [0.4, 0.5) is 0 Å². The minimum atomic E-state index is -1.43. The van der Waals surface area contributed by atoms with Crippen LogP contribution in [0.15, 0.2) is 0 Å². The molecule has 0 amide bonds. The largest absolute Gasteiger partial charge is 0.394 e. The van der Waals surface area contributed by atoms with Crippen LogP contribution < -0.4 is 0 Å². The number of methoxy groups -OCH3 is 1. The molecule has 12 nitrogen and oxygen atoms in total. The van der Waals surface area contributed by atoms with E-state index in [0.717, 1.165) is 25.7 Å². The Morgan fingerprint density at radius 2 is 1.61 bits per heavy atom. The van der Waals surface area contributed by atoms with Crippen molar-refractivity contribution in [2.75, 3.05) is 26.9 Å². The van der Waals surface area contributed by atoms with Gasteiger partial charge in [0.25, 0.3) is 0 Å². The third-order valence-electron chi connectivity index (χ3n) is 8.31. The minimum absolute atomic E-state index is 0.0862. The van der Waals surface area contributed by atoms with Gasteiger partial charge in [0.2, 0.25) is 0 Å². The van der Waals surface area contributed by atoms with Crippen LogP contribution in [0.1, 0.15) is 52.4 Å². The molecule has 6 unspecified atom stereocenters. The van der Waals surface area contributed by atoms with Gasteiger partial charge in [0.1, 0.15) is 42.7 Å². The molecule has 3 saturated heterocycles. The standard InChI is InChI=1S/C26H46O12/c1-4-14-7-5-9-16(22(14)38-25-21(31)20(30)18(28)13(2)34-25)36-26-24-23(19(29)17(11-27)37-26)35-15(12-32-3)8-6-10-33-24/h13-31H,4-12H2,1-3H3/t13?,14-,15-,16-,17?,18-,19+,20?,21+,22?,23?,24?,25+,26-/m1/s1.